The van der Waals surface area contributed by atoms with Gasteiger partial charge in [0.05, 0.1) is 3.79 Å². The normalized spacial score (nSPS) is 11.5. The van der Waals surface area contributed by atoms with Gasteiger partial charge in [0.2, 0.25) is 0 Å². The zero-order valence-corrected chi connectivity index (χ0v) is 11.9. The molecule has 0 unspecified atom stereocenters. The van der Waals surface area contributed by atoms with Crippen molar-refractivity contribution in [2.75, 3.05) is 4.72 Å². The van der Waals surface area contributed by atoms with E-state index in [2.05, 4.69) is 15.9 Å². The third-order valence-electron chi connectivity index (χ3n) is 2.01. The molecule has 1 aromatic carbocycles. The fourth-order valence-corrected chi connectivity index (χ4v) is 4.31. The number of sulfonamides is 1. The molecule has 0 aliphatic rings. The Labute approximate surface area is 115 Å². The van der Waals surface area contributed by atoms with E-state index in [1.807, 2.05) is 4.72 Å². The van der Waals surface area contributed by atoms with E-state index < -0.39 is 27.3 Å². The van der Waals surface area contributed by atoms with Crippen LogP contribution >= 0.6 is 27.3 Å². The van der Waals surface area contributed by atoms with Crippen molar-refractivity contribution in [1.82, 2.24) is 0 Å². The van der Waals surface area contributed by atoms with Crippen LogP contribution in [0.3, 0.4) is 0 Å². The maximum Gasteiger partial charge on any atom is 0.271 e. The van der Waals surface area contributed by atoms with Crippen LogP contribution in [0.4, 0.5) is 14.5 Å². The Balaban J connectivity index is 2.40. The number of hydrogen-bond acceptors (Lipinski definition) is 3. The van der Waals surface area contributed by atoms with Crippen LogP contribution in [0.1, 0.15) is 0 Å². The molecule has 0 radical (unpaired) electrons. The molecule has 0 aliphatic heterocycles. The predicted molar refractivity (Wildman–Crippen MR) is 69.2 cm³/mol. The second-order valence-electron chi connectivity index (χ2n) is 3.26. The van der Waals surface area contributed by atoms with Crippen molar-refractivity contribution < 1.29 is 17.2 Å². The number of benzene rings is 1. The van der Waals surface area contributed by atoms with E-state index in [0.29, 0.717) is 3.79 Å². The topological polar surface area (TPSA) is 46.2 Å². The van der Waals surface area contributed by atoms with E-state index in [-0.39, 0.29) is 4.21 Å². The van der Waals surface area contributed by atoms with Gasteiger partial charge in [0.25, 0.3) is 10.0 Å². The van der Waals surface area contributed by atoms with Crippen molar-refractivity contribution >= 4 is 43.0 Å². The van der Waals surface area contributed by atoms with Gasteiger partial charge in [0.1, 0.15) is 21.5 Å². The SMILES string of the molecule is O=S(=O)(Nc1c(F)cccc1F)c1ccc(Br)s1. The Bertz CT molecular complexity index is 665. The van der Waals surface area contributed by atoms with Crippen LogP contribution in [0.15, 0.2) is 38.3 Å². The molecule has 2 rings (SSSR count). The summed E-state index contributed by atoms with van der Waals surface area (Å²) in [5.74, 6) is -1.93. The van der Waals surface area contributed by atoms with Gasteiger partial charge in [-0.2, -0.15) is 0 Å². The van der Waals surface area contributed by atoms with Crippen LogP contribution < -0.4 is 4.72 Å². The van der Waals surface area contributed by atoms with Gasteiger partial charge < -0.3 is 0 Å². The summed E-state index contributed by atoms with van der Waals surface area (Å²) < 4.78 is 52.9. The molecule has 0 amide bonds. The third kappa shape index (κ3) is 2.70. The minimum atomic E-state index is -3.98. The summed E-state index contributed by atoms with van der Waals surface area (Å²) in [6, 6.07) is 5.99. The Morgan fingerprint density at radius 3 is 2.22 bits per heavy atom. The first-order chi connectivity index (χ1) is 8.40. The Kier molecular flexibility index (Phi) is 3.69. The first-order valence-electron chi connectivity index (χ1n) is 4.62. The lowest BCUT2D eigenvalue weighted by atomic mass is 10.3. The lowest BCUT2D eigenvalue weighted by Crippen LogP contribution is -2.13. The fraction of sp³-hybridized carbons (Fsp3) is 0. The van der Waals surface area contributed by atoms with Crippen molar-refractivity contribution in [3.05, 3.63) is 45.8 Å². The fourth-order valence-electron chi connectivity index (χ4n) is 1.22. The summed E-state index contributed by atoms with van der Waals surface area (Å²) in [6.45, 7) is 0. The van der Waals surface area contributed by atoms with Crippen LogP contribution in [-0.2, 0) is 10.0 Å². The smallest absolute Gasteiger partial charge is 0.271 e. The molecule has 3 nitrogen and oxygen atoms in total. The second-order valence-corrected chi connectivity index (χ2v) is 7.63. The van der Waals surface area contributed by atoms with E-state index >= 15 is 0 Å². The molecule has 0 bridgehead atoms. The van der Waals surface area contributed by atoms with Crippen molar-refractivity contribution in [3.8, 4) is 0 Å². The summed E-state index contributed by atoms with van der Waals surface area (Å²) in [7, 11) is -3.98. The molecular weight excluding hydrogens is 348 g/mol. The number of anilines is 1. The number of rotatable bonds is 3. The molecule has 0 atom stereocenters. The Hall–Kier alpha value is -0.990. The molecule has 1 aromatic heterocycles. The number of para-hydroxylation sites is 1. The molecule has 1 N–H and O–H groups in total. The summed E-state index contributed by atoms with van der Waals surface area (Å²) in [5.41, 5.74) is -0.679. The van der Waals surface area contributed by atoms with Gasteiger partial charge >= 0.3 is 0 Å². The van der Waals surface area contributed by atoms with Crippen molar-refractivity contribution in [3.63, 3.8) is 0 Å². The first-order valence-corrected chi connectivity index (χ1v) is 7.71. The zero-order valence-electron chi connectivity index (χ0n) is 8.65. The zero-order chi connectivity index (χ0) is 13.3. The molecule has 18 heavy (non-hydrogen) atoms. The minimum absolute atomic E-state index is 0.0305. The largest absolute Gasteiger partial charge is 0.273 e. The molecule has 0 aliphatic carbocycles. The van der Waals surface area contributed by atoms with Gasteiger partial charge in [-0.25, -0.2) is 17.2 Å². The molecule has 0 saturated carbocycles. The molecular formula is C10H6BrF2NO2S2. The van der Waals surface area contributed by atoms with Gasteiger partial charge in [-0.1, -0.05) is 6.07 Å². The maximum atomic E-state index is 13.3. The highest BCUT2D eigenvalue weighted by Crippen LogP contribution is 2.29. The molecule has 96 valence electrons. The second kappa shape index (κ2) is 4.94. The molecule has 0 fully saturated rings. The molecule has 0 spiro atoms. The highest BCUT2D eigenvalue weighted by molar-refractivity contribution is 9.11. The summed E-state index contributed by atoms with van der Waals surface area (Å²) in [5, 5.41) is 0. The number of halogens is 3. The van der Waals surface area contributed by atoms with E-state index in [4.69, 9.17) is 0 Å². The van der Waals surface area contributed by atoms with Crippen LogP contribution in [0, 0.1) is 11.6 Å². The number of nitrogens with one attached hydrogen (secondary N) is 1. The Morgan fingerprint density at radius 2 is 1.72 bits per heavy atom. The average molecular weight is 354 g/mol. The van der Waals surface area contributed by atoms with Crippen LogP contribution in [0.5, 0.6) is 0 Å². The monoisotopic (exact) mass is 353 g/mol. The standard InChI is InChI=1S/C10H6BrF2NO2S2/c11-8-4-5-9(17-8)18(15,16)14-10-6(12)2-1-3-7(10)13/h1-5,14H. The first kappa shape index (κ1) is 13.4. The highest BCUT2D eigenvalue weighted by atomic mass is 79.9. The predicted octanol–water partition coefficient (Wildman–Crippen LogP) is 3.59. The number of thiophene rings is 1. The molecule has 1 heterocycles. The van der Waals surface area contributed by atoms with Gasteiger partial charge in [-0.15, -0.1) is 11.3 Å². The van der Waals surface area contributed by atoms with Crippen LogP contribution in [-0.4, -0.2) is 8.42 Å². The molecule has 8 heteroatoms. The van der Waals surface area contributed by atoms with E-state index in [0.717, 1.165) is 29.5 Å². The van der Waals surface area contributed by atoms with E-state index in [1.165, 1.54) is 12.1 Å². The molecule has 0 saturated heterocycles. The minimum Gasteiger partial charge on any atom is -0.273 e. The highest BCUT2D eigenvalue weighted by Gasteiger charge is 2.20. The lowest BCUT2D eigenvalue weighted by molar-refractivity contribution is 0.583. The summed E-state index contributed by atoms with van der Waals surface area (Å²) in [6.07, 6.45) is 0. The maximum absolute atomic E-state index is 13.3. The van der Waals surface area contributed by atoms with Crippen LogP contribution in [0.2, 0.25) is 0 Å². The average Bonchev–Trinajstić information content (AvgIpc) is 2.71. The van der Waals surface area contributed by atoms with E-state index in [1.54, 1.807) is 0 Å². The van der Waals surface area contributed by atoms with Gasteiger partial charge in [-0.05, 0) is 40.2 Å². The van der Waals surface area contributed by atoms with E-state index in [9.17, 15) is 17.2 Å². The van der Waals surface area contributed by atoms with Crippen molar-refractivity contribution in [2.45, 2.75) is 4.21 Å². The summed E-state index contributed by atoms with van der Waals surface area (Å²) in [4.78, 5) is 0. The van der Waals surface area contributed by atoms with Gasteiger partial charge in [0.15, 0.2) is 0 Å². The quantitative estimate of drug-likeness (QED) is 0.916. The molecule has 2 aromatic rings. The van der Waals surface area contributed by atoms with Crippen molar-refractivity contribution in [2.24, 2.45) is 0 Å². The third-order valence-corrected chi connectivity index (χ3v) is 5.48. The van der Waals surface area contributed by atoms with Crippen LogP contribution in [0.25, 0.3) is 0 Å². The van der Waals surface area contributed by atoms with Gasteiger partial charge in [0, 0.05) is 0 Å². The summed E-state index contributed by atoms with van der Waals surface area (Å²) >= 11 is 4.06. The van der Waals surface area contributed by atoms with Gasteiger partial charge in [-0.3, -0.25) is 4.72 Å². The van der Waals surface area contributed by atoms with Crippen molar-refractivity contribution in [1.29, 1.82) is 0 Å². The Morgan fingerprint density at radius 1 is 1.11 bits per heavy atom. The number of hydrogen-bond donors (Lipinski definition) is 1. The lowest BCUT2D eigenvalue weighted by Gasteiger charge is -2.07.